The van der Waals surface area contributed by atoms with Crippen LogP contribution in [-0.2, 0) is 0 Å². The van der Waals surface area contributed by atoms with Gasteiger partial charge in [-0.1, -0.05) is 13.3 Å². The Morgan fingerprint density at radius 2 is 1.52 bits per heavy atom. The first kappa shape index (κ1) is 19.7. The molecule has 0 aromatic heterocycles. The highest BCUT2D eigenvalue weighted by atomic mass is 79.9. The van der Waals surface area contributed by atoms with Crippen molar-refractivity contribution in [2.75, 3.05) is 11.1 Å². The first-order valence-electron chi connectivity index (χ1n) is 8.41. The Bertz CT molecular complexity index is 989. The molecular weight excluding hydrogens is 480 g/mol. The van der Waals surface area contributed by atoms with Crippen LogP contribution in [0.25, 0.3) is 0 Å². The van der Waals surface area contributed by atoms with Gasteiger partial charge in [0, 0.05) is 17.4 Å². The molecule has 1 aliphatic carbocycles. The number of carbonyl (C=O) groups excluding carboxylic acids is 2. The molecule has 0 bridgehead atoms. The van der Waals surface area contributed by atoms with Gasteiger partial charge in [-0.2, -0.15) is 0 Å². The van der Waals surface area contributed by atoms with Gasteiger partial charge in [0.05, 0.1) is 31.2 Å². The number of nitrogen functional groups attached to an aromatic ring is 1. The van der Waals surface area contributed by atoms with Gasteiger partial charge in [-0.15, -0.1) is 0 Å². The predicted octanol–water partition coefficient (Wildman–Crippen LogP) is 4.58. The Hall–Kier alpha value is -2.06. The monoisotopic (exact) mass is 496 g/mol. The van der Waals surface area contributed by atoms with E-state index in [9.17, 15) is 19.8 Å². The van der Waals surface area contributed by atoms with Crippen molar-refractivity contribution in [3.8, 4) is 11.5 Å². The van der Waals surface area contributed by atoms with Crippen molar-refractivity contribution in [2.24, 2.45) is 0 Å². The quantitative estimate of drug-likeness (QED) is 0.310. The van der Waals surface area contributed by atoms with E-state index in [0.29, 0.717) is 5.69 Å². The molecule has 8 heteroatoms. The maximum absolute atomic E-state index is 13.2. The van der Waals surface area contributed by atoms with Gasteiger partial charge in [-0.25, -0.2) is 0 Å². The Labute approximate surface area is 173 Å². The van der Waals surface area contributed by atoms with Crippen LogP contribution >= 0.6 is 31.9 Å². The molecule has 0 heterocycles. The molecule has 2 aromatic rings. The van der Waals surface area contributed by atoms with Crippen LogP contribution in [0.1, 0.15) is 58.5 Å². The minimum Gasteiger partial charge on any atom is -0.506 e. The summed E-state index contributed by atoms with van der Waals surface area (Å²) in [4.78, 5) is 26.4. The molecular formula is C19H18Br2N2O4. The fourth-order valence-corrected chi connectivity index (χ4v) is 4.23. The summed E-state index contributed by atoms with van der Waals surface area (Å²) >= 11 is 6.40. The fraction of sp³-hybridized carbons (Fsp3) is 0.263. The van der Waals surface area contributed by atoms with Crippen molar-refractivity contribution in [3.63, 3.8) is 0 Å². The van der Waals surface area contributed by atoms with Gasteiger partial charge in [0.25, 0.3) is 0 Å². The average Bonchev–Trinajstić information content (AvgIpc) is 2.59. The lowest BCUT2D eigenvalue weighted by atomic mass is 9.81. The van der Waals surface area contributed by atoms with Gasteiger partial charge in [0.2, 0.25) is 11.6 Å². The van der Waals surface area contributed by atoms with E-state index < -0.39 is 11.6 Å². The van der Waals surface area contributed by atoms with Crippen molar-refractivity contribution in [2.45, 2.75) is 32.7 Å². The number of halogens is 2. The molecule has 1 aliphatic rings. The summed E-state index contributed by atoms with van der Waals surface area (Å²) in [6.45, 7) is 4.01. The normalized spacial score (nSPS) is 13.9. The van der Waals surface area contributed by atoms with Crippen LogP contribution in [0.5, 0.6) is 11.5 Å². The lowest BCUT2D eigenvalue weighted by Gasteiger charge is -2.25. The van der Waals surface area contributed by atoms with Gasteiger partial charge in [0.1, 0.15) is 11.5 Å². The van der Waals surface area contributed by atoms with Crippen LogP contribution in [0.2, 0.25) is 0 Å². The third kappa shape index (κ3) is 3.10. The summed E-state index contributed by atoms with van der Waals surface area (Å²) in [5.74, 6) is -1.85. The summed E-state index contributed by atoms with van der Waals surface area (Å²) < 4.78 is 0.510. The highest BCUT2D eigenvalue weighted by Gasteiger charge is 2.39. The van der Waals surface area contributed by atoms with E-state index in [-0.39, 0.29) is 54.4 Å². The van der Waals surface area contributed by atoms with Crippen molar-refractivity contribution in [1.29, 1.82) is 0 Å². The molecule has 142 valence electrons. The number of hydrogen-bond donors (Lipinski definition) is 4. The molecule has 27 heavy (non-hydrogen) atoms. The van der Waals surface area contributed by atoms with Crippen molar-refractivity contribution in [3.05, 3.63) is 43.3 Å². The van der Waals surface area contributed by atoms with Gasteiger partial charge >= 0.3 is 0 Å². The first-order chi connectivity index (χ1) is 12.7. The molecule has 0 saturated heterocycles. The van der Waals surface area contributed by atoms with E-state index in [4.69, 9.17) is 5.73 Å². The van der Waals surface area contributed by atoms with Crippen LogP contribution in [0, 0.1) is 0 Å². The van der Waals surface area contributed by atoms with Crippen LogP contribution in [0.4, 0.5) is 11.4 Å². The molecule has 0 fully saturated rings. The first-order valence-corrected chi connectivity index (χ1v) is 9.99. The Morgan fingerprint density at radius 1 is 1.00 bits per heavy atom. The number of ketones is 2. The number of nitrogens with two attached hydrogens (primary N) is 1. The smallest absolute Gasteiger partial charge is 0.200 e. The second kappa shape index (κ2) is 7.16. The van der Waals surface area contributed by atoms with Crippen LogP contribution < -0.4 is 11.1 Å². The topological polar surface area (TPSA) is 113 Å². The highest BCUT2D eigenvalue weighted by Crippen LogP contribution is 2.46. The lowest BCUT2D eigenvalue weighted by Crippen LogP contribution is -2.26. The summed E-state index contributed by atoms with van der Waals surface area (Å²) in [7, 11) is 0. The summed E-state index contributed by atoms with van der Waals surface area (Å²) in [5.41, 5.74) is 6.05. The summed E-state index contributed by atoms with van der Waals surface area (Å²) in [6.07, 6.45) is 1.80. The molecule has 3 rings (SSSR count). The number of hydrogen-bond acceptors (Lipinski definition) is 6. The second-order valence-corrected chi connectivity index (χ2v) is 8.25. The van der Waals surface area contributed by atoms with E-state index in [1.54, 1.807) is 6.07 Å². The number of carbonyl (C=O) groups is 2. The molecule has 6 nitrogen and oxygen atoms in total. The van der Waals surface area contributed by atoms with Gasteiger partial charge in [-0.05, 0) is 57.3 Å². The van der Waals surface area contributed by atoms with E-state index in [1.807, 2.05) is 13.8 Å². The van der Waals surface area contributed by atoms with Gasteiger partial charge < -0.3 is 21.3 Å². The molecule has 1 unspecified atom stereocenters. The number of benzene rings is 2. The Balaban J connectivity index is 2.31. The van der Waals surface area contributed by atoms with E-state index in [1.165, 1.54) is 6.07 Å². The number of phenolic OH excluding ortho intramolecular Hbond substituents is 2. The van der Waals surface area contributed by atoms with Crippen molar-refractivity contribution < 1.29 is 19.8 Å². The zero-order valence-electron chi connectivity index (χ0n) is 14.7. The van der Waals surface area contributed by atoms with E-state index in [0.717, 1.165) is 12.8 Å². The molecule has 2 aromatic carbocycles. The summed E-state index contributed by atoms with van der Waals surface area (Å²) in [6, 6.07) is 2.97. The fourth-order valence-electron chi connectivity index (χ4n) is 3.36. The van der Waals surface area contributed by atoms with Crippen LogP contribution in [0.3, 0.4) is 0 Å². The van der Waals surface area contributed by atoms with Crippen LogP contribution in [0.15, 0.2) is 21.1 Å². The number of nitrogens with one attached hydrogen (secondary N) is 1. The number of aromatic hydroxyl groups is 2. The highest BCUT2D eigenvalue weighted by molar-refractivity contribution is 9.11. The molecule has 1 atom stereocenters. The van der Waals surface area contributed by atoms with E-state index >= 15 is 0 Å². The lowest BCUT2D eigenvalue weighted by molar-refractivity contribution is 0.0975. The van der Waals surface area contributed by atoms with Crippen molar-refractivity contribution in [1.82, 2.24) is 0 Å². The third-order valence-electron chi connectivity index (χ3n) is 4.57. The number of phenols is 2. The molecule has 0 spiro atoms. The Kier molecular flexibility index (Phi) is 5.22. The Morgan fingerprint density at radius 3 is 2.11 bits per heavy atom. The standard InChI is InChI=1S/C19H18Br2N2O4/c1-3-4-7(2)23-11-6-9(21)17(25)15-13(11)19(27)14-12(18(15)26)10(22)5-8(20)16(14)24/h5-7,23-25H,3-4,22H2,1-2H3. The molecule has 0 saturated carbocycles. The molecule has 5 N–H and O–H groups in total. The molecule has 0 radical (unpaired) electrons. The molecule has 0 aliphatic heterocycles. The third-order valence-corrected chi connectivity index (χ3v) is 5.78. The minimum atomic E-state index is -0.607. The van der Waals surface area contributed by atoms with Crippen molar-refractivity contribution >= 4 is 54.8 Å². The van der Waals surface area contributed by atoms with Crippen LogP contribution in [-0.4, -0.2) is 27.8 Å². The summed E-state index contributed by atoms with van der Waals surface area (Å²) in [5, 5.41) is 24.1. The number of anilines is 2. The predicted molar refractivity (Wildman–Crippen MR) is 111 cm³/mol. The van der Waals surface area contributed by atoms with Gasteiger partial charge in [0.15, 0.2) is 0 Å². The zero-order chi connectivity index (χ0) is 20.0. The second-order valence-electron chi connectivity index (χ2n) is 6.54. The average molecular weight is 498 g/mol. The maximum atomic E-state index is 13.2. The maximum Gasteiger partial charge on any atom is 0.200 e. The largest absolute Gasteiger partial charge is 0.506 e. The number of fused-ring (bicyclic) bond motifs is 2. The zero-order valence-corrected chi connectivity index (χ0v) is 17.9. The molecule has 0 amide bonds. The minimum absolute atomic E-state index is 0.0314. The van der Waals surface area contributed by atoms with E-state index in [2.05, 4.69) is 37.2 Å². The number of rotatable bonds is 4. The SMILES string of the molecule is CCCC(C)Nc1cc(Br)c(O)c2c1C(=O)c1c(O)c(Br)cc(N)c1C2=O. The van der Waals surface area contributed by atoms with Gasteiger partial charge in [-0.3, -0.25) is 9.59 Å².